The molecular weight excluding hydrogens is 547 g/mol. The van der Waals surface area contributed by atoms with Crippen LogP contribution in [-0.2, 0) is 17.7 Å². The summed E-state index contributed by atoms with van der Waals surface area (Å²) >= 11 is 0. The van der Waals surface area contributed by atoms with Crippen molar-refractivity contribution in [3.05, 3.63) is 0 Å². The molecule has 0 spiro atoms. The van der Waals surface area contributed by atoms with Crippen molar-refractivity contribution in [3.8, 4) is 0 Å². The van der Waals surface area contributed by atoms with Crippen molar-refractivity contribution in [2.24, 2.45) is 0 Å². The van der Waals surface area contributed by atoms with Gasteiger partial charge in [0.1, 0.15) is 13.0 Å². The van der Waals surface area contributed by atoms with Gasteiger partial charge in [0, 0.05) is 6.61 Å². The lowest BCUT2D eigenvalue weighted by atomic mass is 10.3. The van der Waals surface area contributed by atoms with E-state index >= 15 is 0 Å². The van der Waals surface area contributed by atoms with E-state index in [4.69, 9.17) is 8.23 Å². The van der Waals surface area contributed by atoms with Crippen LogP contribution in [0.3, 0.4) is 0 Å². The van der Waals surface area contributed by atoms with Crippen LogP contribution in [-0.4, -0.2) is 62.7 Å². The van der Waals surface area contributed by atoms with Crippen molar-refractivity contribution in [2.75, 3.05) is 13.2 Å². The molecule has 16 heteroatoms. The van der Waals surface area contributed by atoms with Crippen LogP contribution in [0.1, 0.15) is 32.6 Å². The fourth-order valence-electron chi connectivity index (χ4n) is 3.53. The number of ether oxygens (including phenoxy) is 2. The quantitative estimate of drug-likeness (QED) is 0.104. The maximum Gasteiger partial charge on any atom is 0.451 e. The van der Waals surface area contributed by atoms with Gasteiger partial charge in [-0.1, -0.05) is 19.8 Å². The van der Waals surface area contributed by atoms with E-state index in [2.05, 4.69) is 29.5 Å². The Balaban J connectivity index is 4.88. The largest absolute Gasteiger partial charge is 0.451 e. The molecule has 0 fully saturated rings. The first-order valence-electron chi connectivity index (χ1n) is 11.2. The summed E-state index contributed by atoms with van der Waals surface area (Å²) in [4.78, 5) is 0. The van der Waals surface area contributed by atoms with Crippen LogP contribution in [0.15, 0.2) is 0 Å². The number of halogens is 9. The first-order chi connectivity index (χ1) is 15.3. The Hall–Kier alpha value is -0.139. The van der Waals surface area contributed by atoms with Gasteiger partial charge >= 0.3 is 32.9 Å². The molecule has 0 aromatic rings. The van der Waals surface area contributed by atoms with E-state index in [1.807, 2.05) is 26.2 Å². The van der Waals surface area contributed by atoms with Crippen molar-refractivity contribution < 1.29 is 57.2 Å². The van der Waals surface area contributed by atoms with Crippen molar-refractivity contribution >= 4 is 25.2 Å². The van der Waals surface area contributed by atoms with Gasteiger partial charge in [0.25, 0.3) is 0 Å². The third kappa shape index (κ3) is 15.0. The molecule has 0 aromatic heterocycles. The fourth-order valence-corrected chi connectivity index (χ4v) is 17.7. The van der Waals surface area contributed by atoms with Gasteiger partial charge in [-0.3, -0.25) is 4.74 Å². The van der Waals surface area contributed by atoms with Gasteiger partial charge in [0.2, 0.25) is 0 Å². The molecule has 212 valence electrons. The lowest BCUT2D eigenvalue weighted by Crippen LogP contribution is -2.52. The normalized spacial score (nSPS) is 16.5. The van der Waals surface area contributed by atoms with E-state index < -0.39 is 69.1 Å². The zero-order valence-corrected chi connectivity index (χ0v) is 24.2. The summed E-state index contributed by atoms with van der Waals surface area (Å²) in [7, 11) is -6.83. The van der Waals surface area contributed by atoms with Gasteiger partial charge in [0.05, 0.1) is 0 Å². The highest BCUT2D eigenvalue weighted by atomic mass is 28.5. The summed E-state index contributed by atoms with van der Waals surface area (Å²) in [6.07, 6.45) is -17.9. The average molecular weight is 585 g/mol. The van der Waals surface area contributed by atoms with E-state index in [0.717, 1.165) is 18.9 Å². The number of alkyl halides is 9. The average Bonchev–Trinajstić information content (AvgIpc) is 2.53. The highest BCUT2D eigenvalue weighted by molar-refractivity contribution is 6.87. The second-order valence-corrected chi connectivity index (χ2v) is 22.6. The fraction of sp³-hybridized carbons (Fsp3) is 1.00. The molecular formula is C19H37F9O4Si3. The van der Waals surface area contributed by atoms with Crippen LogP contribution in [0.2, 0.25) is 51.4 Å². The van der Waals surface area contributed by atoms with Crippen LogP contribution in [0.5, 0.6) is 0 Å². The summed E-state index contributed by atoms with van der Waals surface area (Å²) in [5.41, 5.74) is 0. The van der Waals surface area contributed by atoms with Gasteiger partial charge < -0.3 is 13.0 Å². The number of rotatable bonds is 16. The summed E-state index contributed by atoms with van der Waals surface area (Å²) in [6.45, 7) is 11.4. The van der Waals surface area contributed by atoms with Gasteiger partial charge in [0.15, 0.2) is 16.6 Å². The van der Waals surface area contributed by atoms with E-state index in [-0.39, 0.29) is 6.42 Å². The molecule has 0 saturated heterocycles. The molecule has 1 unspecified atom stereocenters. The third-order valence-electron chi connectivity index (χ3n) is 4.67. The highest BCUT2D eigenvalue weighted by Gasteiger charge is 2.63. The molecule has 35 heavy (non-hydrogen) atoms. The number of hydrogen-bond donors (Lipinski definition) is 0. The second kappa shape index (κ2) is 12.6. The number of hydrogen-bond acceptors (Lipinski definition) is 4. The smallest absolute Gasteiger partial charge is 0.437 e. The molecule has 0 rings (SSSR count). The third-order valence-corrected chi connectivity index (χ3v) is 16.1. The van der Waals surface area contributed by atoms with Gasteiger partial charge in [-0.2, -0.15) is 39.5 Å². The molecule has 0 N–H and O–H groups in total. The molecule has 0 amide bonds. The molecule has 0 heterocycles. The zero-order chi connectivity index (χ0) is 28.0. The molecule has 0 aromatic carbocycles. The summed E-state index contributed by atoms with van der Waals surface area (Å²) in [5, 5.41) is 0. The van der Waals surface area contributed by atoms with Crippen LogP contribution >= 0.6 is 0 Å². The Morgan fingerprint density at radius 3 is 1.54 bits per heavy atom. The summed E-state index contributed by atoms with van der Waals surface area (Å²) in [6, 6.07) is 1.37. The van der Waals surface area contributed by atoms with Crippen molar-refractivity contribution in [3.63, 3.8) is 0 Å². The van der Waals surface area contributed by atoms with E-state index in [9.17, 15) is 39.5 Å². The molecule has 0 aliphatic rings. The van der Waals surface area contributed by atoms with Crippen LogP contribution in [0, 0.1) is 0 Å². The maximum absolute atomic E-state index is 14.2. The summed E-state index contributed by atoms with van der Waals surface area (Å²) < 4.78 is 136. The zero-order valence-electron chi connectivity index (χ0n) is 21.2. The van der Waals surface area contributed by atoms with Gasteiger partial charge in [-0.25, -0.2) is 0 Å². The second-order valence-electron chi connectivity index (χ2n) is 10.1. The molecule has 0 bridgehead atoms. The molecule has 1 atom stereocenters. The number of unbranched alkanes of at least 4 members (excludes halogenated alkanes) is 1. The molecule has 0 aliphatic carbocycles. The predicted molar refractivity (Wildman–Crippen MR) is 121 cm³/mol. The first kappa shape index (κ1) is 34.9. The Kier molecular flexibility index (Phi) is 12.6. The van der Waals surface area contributed by atoms with E-state index in [0.29, 0.717) is 6.04 Å². The molecule has 4 nitrogen and oxygen atoms in total. The van der Waals surface area contributed by atoms with Crippen molar-refractivity contribution in [1.82, 2.24) is 0 Å². The molecule has 0 aliphatic heterocycles. The summed E-state index contributed by atoms with van der Waals surface area (Å²) in [5.74, 6) is -5.11. The van der Waals surface area contributed by atoms with E-state index in [1.165, 1.54) is 0 Å². The SMILES string of the molecule is CCCC[Si](C)(C)O[Si](C)(C)O[Si](C)(C)CCCOCC(F)(OC(F)(F)CC(F)(F)F)C(F)(F)F. The van der Waals surface area contributed by atoms with Gasteiger partial charge in [-0.05, 0) is 57.8 Å². The van der Waals surface area contributed by atoms with Crippen LogP contribution in [0.4, 0.5) is 39.5 Å². The van der Waals surface area contributed by atoms with E-state index in [1.54, 1.807) is 0 Å². The van der Waals surface area contributed by atoms with Crippen molar-refractivity contribution in [1.29, 1.82) is 0 Å². The minimum Gasteiger partial charge on any atom is -0.437 e. The van der Waals surface area contributed by atoms with Crippen molar-refractivity contribution in [2.45, 2.75) is 108 Å². The Labute approximate surface area is 204 Å². The highest BCUT2D eigenvalue weighted by Crippen LogP contribution is 2.43. The lowest BCUT2D eigenvalue weighted by molar-refractivity contribution is -0.430. The minimum atomic E-state index is -6.04. The lowest BCUT2D eigenvalue weighted by Gasteiger charge is -2.38. The Morgan fingerprint density at radius 2 is 1.14 bits per heavy atom. The van der Waals surface area contributed by atoms with Gasteiger partial charge in [-0.15, -0.1) is 0 Å². The van der Waals surface area contributed by atoms with Crippen LogP contribution < -0.4 is 0 Å². The van der Waals surface area contributed by atoms with Crippen LogP contribution in [0.25, 0.3) is 0 Å². The first-order valence-corrected chi connectivity index (χ1v) is 20.3. The minimum absolute atomic E-state index is 0.118. The topological polar surface area (TPSA) is 36.9 Å². The predicted octanol–water partition coefficient (Wildman–Crippen LogP) is 8.13. The Morgan fingerprint density at radius 1 is 0.686 bits per heavy atom. The standard InChI is InChI=1S/C19H37F9O4Si3/c1-8-9-12-33(2,3)31-35(6,7)32-34(4,5)13-10-11-29-15-16(20,19(26,27)28)30-18(24,25)14-17(21,22)23/h8-15H2,1-7H3. The Bertz CT molecular complexity index is 644. The molecule has 0 saturated carbocycles. The maximum atomic E-state index is 14.2. The monoisotopic (exact) mass is 584 g/mol. The molecule has 0 radical (unpaired) electrons.